The number of alkyl halides is 2. The summed E-state index contributed by atoms with van der Waals surface area (Å²) in [5, 5.41) is 0. The highest BCUT2D eigenvalue weighted by Crippen LogP contribution is 2.31. The van der Waals surface area contributed by atoms with E-state index in [2.05, 4.69) is 4.74 Å². The van der Waals surface area contributed by atoms with E-state index in [1.54, 1.807) is 12.1 Å². The van der Waals surface area contributed by atoms with Crippen molar-refractivity contribution in [2.45, 2.75) is 37.3 Å². The second-order valence-corrected chi connectivity index (χ2v) is 8.45. The van der Waals surface area contributed by atoms with E-state index >= 15 is 0 Å². The minimum atomic E-state index is -3.67. The summed E-state index contributed by atoms with van der Waals surface area (Å²) in [4.78, 5) is 0.260. The Kier molecular flexibility index (Phi) is 5.67. The molecule has 0 amide bonds. The third-order valence-corrected chi connectivity index (χ3v) is 6.43. The van der Waals surface area contributed by atoms with Gasteiger partial charge in [0.05, 0.1) is 12.0 Å². The topological polar surface area (TPSA) is 55.8 Å². The van der Waals surface area contributed by atoms with Crippen LogP contribution in [0.1, 0.15) is 23.1 Å². The summed E-state index contributed by atoms with van der Waals surface area (Å²) < 4.78 is 61.3. The Balaban J connectivity index is 1.80. The first-order valence-electron chi connectivity index (χ1n) is 8.51. The van der Waals surface area contributed by atoms with Crippen molar-refractivity contribution in [3.63, 3.8) is 0 Å². The van der Waals surface area contributed by atoms with E-state index in [9.17, 15) is 17.2 Å². The van der Waals surface area contributed by atoms with Crippen LogP contribution in [0.3, 0.4) is 0 Å². The van der Waals surface area contributed by atoms with Crippen LogP contribution in [0.5, 0.6) is 11.5 Å². The van der Waals surface area contributed by atoms with Crippen LogP contribution in [-0.4, -0.2) is 33.5 Å². The maximum atomic E-state index is 12.9. The fraction of sp³-hybridized carbons (Fsp3) is 0.368. The van der Waals surface area contributed by atoms with Crippen LogP contribution < -0.4 is 9.47 Å². The van der Waals surface area contributed by atoms with Crippen molar-refractivity contribution >= 4 is 10.0 Å². The lowest BCUT2D eigenvalue weighted by Gasteiger charge is -2.19. The molecule has 2 aromatic carbocycles. The van der Waals surface area contributed by atoms with Crippen LogP contribution in [0, 0.1) is 0 Å². The van der Waals surface area contributed by atoms with Gasteiger partial charge in [0, 0.05) is 13.6 Å². The van der Waals surface area contributed by atoms with E-state index in [0.29, 0.717) is 5.56 Å². The highest BCUT2D eigenvalue weighted by molar-refractivity contribution is 7.89. The quantitative estimate of drug-likeness (QED) is 0.716. The zero-order valence-electron chi connectivity index (χ0n) is 15.1. The van der Waals surface area contributed by atoms with Crippen LogP contribution in [-0.2, 0) is 29.4 Å². The van der Waals surface area contributed by atoms with Crippen LogP contribution >= 0.6 is 0 Å². The molecule has 0 saturated heterocycles. The largest absolute Gasteiger partial charge is 0.493 e. The van der Waals surface area contributed by atoms with Crippen LogP contribution in [0.25, 0.3) is 0 Å². The Morgan fingerprint density at radius 1 is 1.07 bits per heavy atom. The summed E-state index contributed by atoms with van der Waals surface area (Å²) >= 11 is 0. The fourth-order valence-electron chi connectivity index (χ4n) is 3.23. The van der Waals surface area contributed by atoms with Gasteiger partial charge < -0.3 is 9.47 Å². The zero-order chi connectivity index (χ0) is 19.6. The summed E-state index contributed by atoms with van der Waals surface area (Å²) in [5.74, 6) is 0.0245. The Morgan fingerprint density at radius 3 is 2.52 bits per heavy atom. The van der Waals surface area contributed by atoms with Crippen molar-refractivity contribution in [1.82, 2.24) is 4.31 Å². The van der Waals surface area contributed by atoms with Crippen molar-refractivity contribution < 1.29 is 26.7 Å². The normalized spacial score (nSPS) is 13.9. The predicted molar refractivity (Wildman–Crippen MR) is 96.7 cm³/mol. The van der Waals surface area contributed by atoms with Gasteiger partial charge in [-0.05, 0) is 60.2 Å². The third kappa shape index (κ3) is 4.22. The molecule has 0 aromatic heterocycles. The van der Waals surface area contributed by atoms with Crippen molar-refractivity contribution in [3.05, 3.63) is 53.1 Å². The Morgan fingerprint density at radius 2 is 1.81 bits per heavy atom. The second-order valence-electron chi connectivity index (χ2n) is 6.41. The number of hydrogen-bond acceptors (Lipinski definition) is 4. The van der Waals surface area contributed by atoms with E-state index in [0.717, 1.165) is 24.8 Å². The Labute approximate surface area is 157 Å². The molecular formula is C19H21F2NO4S. The Bertz CT molecular complexity index is 931. The van der Waals surface area contributed by atoms with Gasteiger partial charge in [-0.15, -0.1) is 0 Å². The maximum absolute atomic E-state index is 12.9. The summed E-state index contributed by atoms with van der Waals surface area (Å²) in [6.45, 7) is -2.89. The highest BCUT2D eigenvalue weighted by Gasteiger charge is 2.23. The molecule has 8 heteroatoms. The van der Waals surface area contributed by atoms with E-state index in [4.69, 9.17) is 4.74 Å². The summed E-state index contributed by atoms with van der Waals surface area (Å²) in [6, 6.07) is 9.63. The van der Waals surface area contributed by atoms with Crippen molar-refractivity contribution in [1.29, 1.82) is 0 Å². The molecule has 0 radical (unpaired) electrons. The molecular weight excluding hydrogens is 376 g/mol. The first-order chi connectivity index (χ1) is 12.8. The molecule has 0 N–H and O–H groups in total. The lowest BCUT2D eigenvalue weighted by molar-refractivity contribution is -0.0512. The molecule has 1 aliphatic carbocycles. The van der Waals surface area contributed by atoms with E-state index in [1.165, 1.54) is 42.2 Å². The molecule has 1 aliphatic rings. The SMILES string of the molecule is COc1cc(CN(C)S(=O)(=O)c2ccc3c(c2)CCC3)ccc1OC(F)F. The van der Waals surface area contributed by atoms with Crippen molar-refractivity contribution in [3.8, 4) is 11.5 Å². The first kappa shape index (κ1) is 19.6. The first-order valence-corrected chi connectivity index (χ1v) is 9.95. The number of aryl methyl sites for hydroxylation is 2. The van der Waals surface area contributed by atoms with E-state index in [1.807, 2.05) is 6.07 Å². The lowest BCUT2D eigenvalue weighted by Crippen LogP contribution is -2.26. The molecule has 0 saturated carbocycles. The molecule has 5 nitrogen and oxygen atoms in total. The van der Waals surface area contributed by atoms with E-state index in [-0.39, 0.29) is 22.9 Å². The van der Waals surface area contributed by atoms with Crippen LogP contribution in [0.4, 0.5) is 8.78 Å². The predicted octanol–water partition coefficient (Wildman–Crippen LogP) is 3.61. The second kappa shape index (κ2) is 7.82. The monoisotopic (exact) mass is 397 g/mol. The van der Waals surface area contributed by atoms with Crippen molar-refractivity contribution in [2.75, 3.05) is 14.2 Å². The molecule has 0 spiro atoms. The Hall–Kier alpha value is -2.19. The number of halogens is 2. The fourth-order valence-corrected chi connectivity index (χ4v) is 4.44. The standard InChI is InChI=1S/C19H21F2NO4S/c1-22(12-13-6-9-17(26-19(20)21)18(10-13)25-2)27(23,24)16-8-7-14-4-3-5-15(14)11-16/h6-11,19H,3-5,12H2,1-2H3. The maximum Gasteiger partial charge on any atom is 0.387 e. The van der Waals surface area contributed by atoms with Gasteiger partial charge in [0.15, 0.2) is 11.5 Å². The average molecular weight is 397 g/mol. The van der Waals surface area contributed by atoms with Gasteiger partial charge in [0.2, 0.25) is 10.0 Å². The number of sulfonamides is 1. The highest BCUT2D eigenvalue weighted by atomic mass is 32.2. The van der Waals surface area contributed by atoms with Gasteiger partial charge in [-0.2, -0.15) is 13.1 Å². The van der Waals surface area contributed by atoms with Gasteiger partial charge in [-0.25, -0.2) is 8.42 Å². The molecule has 0 aliphatic heterocycles. The average Bonchev–Trinajstić information content (AvgIpc) is 3.10. The van der Waals surface area contributed by atoms with Crippen LogP contribution in [0.15, 0.2) is 41.3 Å². The number of hydrogen-bond donors (Lipinski definition) is 0. The number of nitrogens with zero attached hydrogens (tertiary/aromatic N) is 1. The summed E-state index contributed by atoms with van der Waals surface area (Å²) in [5.41, 5.74) is 2.89. The smallest absolute Gasteiger partial charge is 0.387 e. The molecule has 2 aromatic rings. The van der Waals surface area contributed by atoms with Gasteiger partial charge in [-0.1, -0.05) is 12.1 Å². The molecule has 27 heavy (non-hydrogen) atoms. The molecule has 146 valence electrons. The minimum absolute atomic E-state index is 0.0741. The molecule has 0 atom stereocenters. The van der Waals surface area contributed by atoms with Crippen LogP contribution in [0.2, 0.25) is 0 Å². The lowest BCUT2D eigenvalue weighted by atomic mass is 10.1. The third-order valence-electron chi connectivity index (χ3n) is 4.63. The molecule has 3 rings (SSSR count). The van der Waals surface area contributed by atoms with Crippen molar-refractivity contribution in [2.24, 2.45) is 0 Å². The number of rotatable bonds is 7. The summed E-state index contributed by atoms with van der Waals surface area (Å²) in [6.07, 6.45) is 2.92. The number of benzene rings is 2. The number of ether oxygens (including phenoxy) is 2. The number of fused-ring (bicyclic) bond motifs is 1. The van der Waals surface area contributed by atoms with Gasteiger partial charge in [-0.3, -0.25) is 0 Å². The minimum Gasteiger partial charge on any atom is -0.493 e. The molecule has 0 bridgehead atoms. The molecule has 0 unspecified atom stereocenters. The van der Waals surface area contributed by atoms with E-state index < -0.39 is 16.6 Å². The number of methoxy groups -OCH3 is 1. The van der Waals surface area contributed by atoms with Gasteiger partial charge in [0.1, 0.15) is 0 Å². The summed E-state index contributed by atoms with van der Waals surface area (Å²) in [7, 11) is -0.846. The molecule has 0 fully saturated rings. The van der Waals surface area contributed by atoms with Gasteiger partial charge in [0.25, 0.3) is 0 Å². The zero-order valence-corrected chi connectivity index (χ0v) is 15.9. The molecule has 0 heterocycles. The van der Waals surface area contributed by atoms with Gasteiger partial charge >= 0.3 is 6.61 Å².